The van der Waals surface area contributed by atoms with E-state index in [1.54, 1.807) is 7.11 Å². The molecule has 0 radical (unpaired) electrons. The van der Waals surface area contributed by atoms with Gasteiger partial charge in [-0.25, -0.2) is 0 Å². The van der Waals surface area contributed by atoms with Gasteiger partial charge in [0.15, 0.2) is 0 Å². The van der Waals surface area contributed by atoms with Gasteiger partial charge in [0.1, 0.15) is 5.75 Å². The zero-order chi connectivity index (χ0) is 9.42. The second-order valence-electron chi connectivity index (χ2n) is 3.29. The van der Waals surface area contributed by atoms with E-state index in [9.17, 15) is 0 Å². The largest absolute Gasteiger partial charge is 0.495 e. The van der Waals surface area contributed by atoms with Crippen molar-refractivity contribution < 1.29 is 4.74 Å². The minimum Gasteiger partial charge on any atom is -0.495 e. The molecule has 1 aromatic carbocycles. The van der Waals surface area contributed by atoms with E-state index in [2.05, 4.69) is 22.0 Å². The number of benzene rings is 1. The lowest BCUT2D eigenvalue weighted by atomic mass is 9.77. The van der Waals surface area contributed by atoms with Crippen molar-refractivity contribution in [1.82, 2.24) is 0 Å². The molecular formula is C10H12BrNO. The number of rotatable bonds is 2. The van der Waals surface area contributed by atoms with Gasteiger partial charge in [0, 0.05) is 5.92 Å². The van der Waals surface area contributed by atoms with E-state index in [0.717, 1.165) is 23.2 Å². The normalized spacial score (nSPS) is 19.2. The third kappa shape index (κ3) is 1.27. The van der Waals surface area contributed by atoms with Crippen LogP contribution in [0.25, 0.3) is 0 Å². The Balaban J connectivity index is 2.43. The Morgan fingerprint density at radius 3 is 3.00 bits per heavy atom. The predicted octanol–water partition coefficient (Wildman–Crippen LogP) is 2.06. The summed E-state index contributed by atoms with van der Waals surface area (Å²) < 4.78 is 6.34. The molecule has 2 rings (SSSR count). The molecule has 2 N–H and O–H groups in total. The molecule has 1 aliphatic carbocycles. The summed E-state index contributed by atoms with van der Waals surface area (Å²) in [6.07, 6.45) is 1.05. The second-order valence-corrected chi connectivity index (χ2v) is 4.14. The van der Waals surface area contributed by atoms with Gasteiger partial charge < -0.3 is 10.5 Å². The van der Waals surface area contributed by atoms with Crippen molar-refractivity contribution >= 4 is 15.9 Å². The zero-order valence-electron chi connectivity index (χ0n) is 7.51. The molecule has 0 aliphatic heterocycles. The van der Waals surface area contributed by atoms with Gasteiger partial charge in [0.05, 0.1) is 11.6 Å². The third-order valence-electron chi connectivity index (χ3n) is 2.63. The van der Waals surface area contributed by atoms with Crippen LogP contribution in [-0.2, 0) is 6.42 Å². The summed E-state index contributed by atoms with van der Waals surface area (Å²) in [6.45, 7) is 0.734. The van der Waals surface area contributed by atoms with Crippen LogP contribution in [0.15, 0.2) is 16.6 Å². The molecule has 3 heteroatoms. The van der Waals surface area contributed by atoms with Crippen molar-refractivity contribution in [2.45, 2.75) is 12.3 Å². The van der Waals surface area contributed by atoms with Crippen LogP contribution in [-0.4, -0.2) is 13.7 Å². The van der Waals surface area contributed by atoms with Gasteiger partial charge >= 0.3 is 0 Å². The molecule has 0 bridgehead atoms. The number of hydrogen-bond donors (Lipinski definition) is 1. The van der Waals surface area contributed by atoms with Crippen LogP contribution in [0.1, 0.15) is 17.0 Å². The van der Waals surface area contributed by atoms with Crippen LogP contribution < -0.4 is 10.5 Å². The number of fused-ring (bicyclic) bond motifs is 1. The van der Waals surface area contributed by atoms with E-state index in [1.165, 1.54) is 11.1 Å². The molecule has 1 unspecified atom stereocenters. The SMILES string of the molecule is COc1c(Br)ccc2c1CC2CN. The standard InChI is InChI=1S/C10H12BrNO/c1-13-10-8-4-6(5-12)7(8)2-3-9(10)11/h2-3,6H,4-5,12H2,1H3. The van der Waals surface area contributed by atoms with Crippen molar-refractivity contribution in [2.75, 3.05) is 13.7 Å². The monoisotopic (exact) mass is 241 g/mol. The first kappa shape index (κ1) is 9.03. The molecule has 0 saturated carbocycles. The second kappa shape index (κ2) is 3.31. The van der Waals surface area contributed by atoms with Gasteiger partial charge in [-0.1, -0.05) is 6.07 Å². The topological polar surface area (TPSA) is 35.2 Å². The lowest BCUT2D eigenvalue weighted by Gasteiger charge is -2.31. The maximum atomic E-state index is 5.63. The number of methoxy groups -OCH3 is 1. The fourth-order valence-electron chi connectivity index (χ4n) is 1.86. The molecule has 70 valence electrons. The quantitative estimate of drug-likeness (QED) is 0.861. The van der Waals surface area contributed by atoms with E-state index < -0.39 is 0 Å². The van der Waals surface area contributed by atoms with Crippen LogP contribution in [0.2, 0.25) is 0 Å². The first-order valence-electron chi connectivity index (χ1n) is 4.33. The molecular weight excluding hydrogens is 230 g/mol. The number of ether oxygens (including phenoxy) is 1. The molecule has 0 fully saturated rings. The Morgan fingerprint density at radius 1 is 1.62 bits per heavy atom. The highest BCUT2D eigenvalue weighted by atomic mass is 79.9. The summed E-state index contributed by atoms with van der Waals surface area (Å²) in [5, 5.41) is 0. The summed E-state index contributed by atoms with van der Waals surface area (Å²) in [6, 6.07) is 4.16. The molecule has 0 aromatic heterocycles. The number of nitrogens with two attached hydrogens (primary N) is 1. The highest BCUT2D eigenvalue weighted by molar-refractivity contribution is 9.10. The van der Waals surface area contributed by atoms with E-state index in [4.69, 9.17) is 10.5 Å². The highest BCUT2D eigenvalue weighted by Crippen LogP contribution is 2.43. The van der Waals surface area contributed by atoms with Gasteiger partial charge in [-0.15, -0.1) is 0 Å². The van der Waals surface area contributed by atoms with Crippen LogP contribution in [0, 0.1) is 0 Å². The third-order valence-corrected chi connectivity index (χ3v) is 3.25. The maximum absolute atomic E-state index is 5.63. The predicted molar refractivity (Wildman–Crippen MR) is 56.2 cm³/mol. The first-order valence-corrected chi connectivity index (χ1v) is 5.12. The lowest BCUT2D eigenvalue weighted by molar-refractivity contribution is 0.397. The average Bonchev–Trinajstić information content (AvgIpc) is 2.09. The molecule has 0 heterocycles. The minimum atomic E-state index is 0.539. The molecule has 2 nitrogen and oxygen atoms in total. The Labute approximate surface area is 86.2 Å². The molecule has 0 saturated heterocycles. The number of hydrogen-bond acceptors (Lipinski definition) is 2. The Morgan fingerprint density at radius 2 is 2.38 bits per heavy atom. The average molecular weight is 242 g/mol. The molecule has 1 aliphatic rings. The molecule has 13 heavy (non-hydrogen) atoms. The summed E-state index contributed by atoms with van der Waals surface area (Å²) in [5.74, 6) is 1.51. The van der Waals surface area contributed by atoms with Gasteiger partial charge in [0.25, 0.3) is 0 Å². The van der Waals surface area contributed by atoms with Crippen LogP contribution in [0.3, 0.4) is 0 Å². The highest BCUT2D eigenvalue weighted by Gasteiger charge is 2.28. The van der Waals surface area contributed by atoms with E-state index in [1.807, 2.05) is 6.07 Å². The van der Waals surface area contributed by atoms with Gasteiger partial charge in [-0.3, -0.25) is 0 Å². The summed E-state index contributed by atoms with van der Waals surface area (Å²) in [5.41, 5.74) is 8.29. The fourth-order valence-corrected chi connectivity index (χ4v) is 2.40. The maximum Gasteiger partial charge on any atom is 0.136 e. The van der Waals surface area contributed by atoms with Crippen molar-refractivity contribution in [3.05, 3.63) is 27.7 Å². The van der Waals surface area contributed by atoms with Crippen molar-refractivity contribution in [3.63, 3.8) is 0 Å². The molecule has 1 atom stereocenters. The van der Waals surface area contributed by atoms with Crippen molar-refractivity contribution in [2.24, 2.45) is 5.73 Å². The minimum absolute atomic E-state index is 0.539. The van der Waals surface area contributed by atoms with Crippen LogP contribution in [0.5, 0.6) is 5.75 Å². The Bertz CT molecular complexity index is 338. The summed E-state index contributed by atoms with van der Waals surface area (Å²) in [4.78, 5) is 0. The van der Waals surface area contributed by atoms with Crippen molar-refractivity contribution in [1.29, 1.82) is 0 Å². The smallest absolute Gasteiger partial charge is 0.136 e. The van der Waals surface area contributed by atoms with Gasteiger partial charge in [-0.05, 0) is 46.1 Å². The fraction of sp³-hybridized carbons (Fsp3) is 0.400. The van der Waals surface area contributed by atoms with Crippen molar-refractivity contribution in [3.8, 4) is 5.75 Å². The summed E-state index contributed by atoms with van der Waals surface area (Å²) >= 11 is 3.46. The van der Waals surface area contributed by atoms with E-state index in [-0.39, 0.29) is 0 Å². The van der Waals surface area contributed by atoms with E-state index >= 15 is 0 Å². The van der Waals surface area contributed by atoms with Crippen LogP contribution in [0.4, 0.5) is 0 Å². The van der Waals surface area contributed by atoms with E-state index in [0.29, 0.717) is 5.92 Å². The Hall–Kier alpha value is -0.540. The molecule has 0 amide bonds. The number of halogens is 1. The Kier molecular flexibility index (Phi) is 2.30. The molecule has 1 aromatic rings. The lowest BCUT2D eigenvalue weighted by Crippen LogP contribution is -2.25. The summed E-state index contributed by atoms with van der Waals surface area (Å²) in [7, 11) is 1.70. The van der Waals surface area contributed by atoms with Gasteiger partial charge in [-0.2, -0.15) is 0 Å². The molecule has 0 spiro atoms. The first-order chi connectivity index (χ1) is 6.27. The zero-order valence-corrected chi connectivity index (χ0v) is 9.10. The van der Waals surface area contributed by atoms with Gasteiger partial charge in [0.2, 0.25) is 0 Å². The van der Waals surface area contributed by atoms with Crippen LogP contribution >= 0.6 is 15.9 Å².